The molecule has 2 aromatic heterocycles. The van der Waals surface area contributed by atoms with Crippen LogP contribution in [0.5, 0.6) is 6.01 Å². The van der Waals surface area contributed by atoms with Gasteiger partial charge in [0.25, 0.3) is 5.56 Å². The van der Waals surface area contributed by atoms with Crippen molar-refractivity contribution in [3.05, 3.63) is 50.5 Å². The quantitative estimate of drug-likeness (QED) is 0.807. The fourth-order valence-electron chi connectivity index (χ4n) is 2.77. The molecule has 1 saturated heterocycles. The molecule has 1 amide bonds. The molecule has 0 aliphatic carbocycles. The van der Waals surface area contributed by atoms with Gasteiger partial charge in [-0.05, 0) is 12.8 Å². The number of carbonyl (C=O) groups is 1. The van der Waals surface area contributed by atoms with Crippen molar-refractivity contribution < 1.29 is 9.53 Å². The van der Waals surface area contributed by atoms with E-state index < -0.39 is 11.2 Å². The van der Waals surface area contributed by atoms with Gasteiger partial charge < -0.3 is 14.2 Å². The summed E-state index contributed by atoms with van der Waals surface area (Å²) in [5.41, 5.74) is -0.983. The zero-order chi connectivity index (χ0) is 18.5. The number of hydrogen-bond acceptors (Lipinski definition) is 6. The minimum atomic E-state index is -0.523. The maximum absolute atomic E-state index is 12.4. The number of halogens is 1. The fourth-order valence-corrected chi connectivity index (χ4v) is 2.86. The molecular weight excluding hydrogens is 362 g/mol. The molecule has 1 atom stereocenters. The van der Waals surface area contributed by atoms with Gasteiger partial charge in [0.1, 0.15) is 6.10 Å². The van der Waals surface area contributed by atoms with Gasteiger partial charge in [0.2, 0.25) is 5.91 Å². The number of carbonyl (C=O) groups excluding carboxylic acids is 1. The number of aromatic amines is 1. The molecule has 138 valence electrons. The molecule has 10 heteroatoms. The van der Waals surface area contributed by atoms with E-state index >= 15 is 0 Å². The maximum atomic E-state index is 12.4. The molecule has 3 heterocycles. The van der Waals surface area contributed by atoms with E-state index in [0.717, 1.165) is 12.8 Å². The molecule has 2 aromatic rings. The van der Waals surface area contributed by atoms with Gasteiger partial charge in [-0.1, -0.05) is 11.6 Å². The van der Waals surface area contributed by atoms with Crippen LogP contribution < -0.4 is 16.0 Å². The Labute approximate surface area is 153 Å². The molecule has 0 bridgehead atoms. The number of aryl methyl sites for hydroxylation is 1. The van der Waals surface area contributed by atoms with Crippen molar-refractivity contribution in [1.82, 2.24) is 24.4 Å². The fraction of sp³-hybridized carbons (Fsp3) is 0.438. The van der Waals surface area contributed by atoms with E-state index in [2.05, 4.69) is 15.0 Å². The number of nitrogens with one attached hydrogen (secondary N) is 1. The molecule has 1 aliphatic heterocycles. The van der Waals surface area contributed by atoms with Crippen molar-refractivity contribution in [3.8, 4) is 6.01 Å². The van der Waals surface area contributed by atoms with Gasteiger partial charge >= 0.3 is 11.7 Å². The first-order chi connectivity index (χ1) is 12.5. The van der Waals surface area contributed by atoms with Crippen molar-refractivity contribution in [2.75, 3.05) is 13.1 Å². The van der Waals surface area contributed by atoms with Crippen LogP contribution in [0.4, 0.5) is 0 Å². The van der Waals surface area contributed by atoms with E-state index in [4.69, 9.17) is 16.3 Å². The third-order valence-electron chi connectivity index (χ3n) is 4.06. The van der Waals surface area contributed by atoms with Crippen LogP contribution >= 0.6 is 11.6 Å². The lowest BCUT2D eigenvalue weighted by Crippen LogP contribution is -2.45. The van der Waals surface area contributed by atoms with E-state index in [0.29, 0.717) is 18.1 Å². The van der Waals surface area contributed by atoms with E-state index in [9.17, 15) is 14.4 Å². The minimum Gasteiger partial charge on any atom is -0.458 e. The molecular formula is C16H18ClN5O4. The van der Waals surface area contributed by atoms with Crippen LogP contribution in [0.25, 0.3) is 0 Å². The number of hydrogen-bond donors (Lipinski definition) is 1. The Morgan fingerprint density at radius 2 is 2.12 bits per heavy atom. The van der Waals surface area contributed by atoms with Gasteiger partial charge in [-0.15, -0.1) is 0 Å². The third kappa shape index (κ3) is 4.69. The summed E-state index contributed by atoms with van der Waals surface area (Å²) in [7, 11) is 0. The van der Waals surface area contributed by atoms with Gasteiger partial charge in [0.05, 0.1) is 24.0 Å². The average Bonchev–Trinajstić information content (AvgIpc) is 2.63. The van der Waals surface area contributed by atoms with Crippen molar-refractivity contribution in [3.63, 3.8) is 0 Å². The van der Waals surface area contributed by atoms with Crippen LogP contribution in [0.1, 0.15) is 19.3 Å². The molecule has 1 unspecified atom stereocenters. The summed E-state index contributed by atoms with van der Waals surface area (Å²) in [6.07, 6.45) is 5.88. The highest BCUT2D eigenvalue weighted by atomic mass is 35.5. The molecule has 0 saturated carbocycles. The van der Waals surface area contributed by atoms with E-state index in [1.54, 1.807) is 4.90 Å². The average molecular weight is 380 g/mol. The van der Waals surface area contributed by atoms with Crippen LogP contribution in [0.2, 0.25) is 5.02 Å². The summed E-state index contributed by atoms with van der Waals surface area (Å²) in [5.74, 6) is -0.0755. The number of rotatable bonds is 5. The Balaban J connectivity index is 1.54. The molecule has 3 rings (SSSR count). The molecule has 1 fully saturated rings. The molecule has 0 radical (unpaired) electrons. The van der Waals surface area contributed by atoms with Gasteiger partial charge in [-0.2, -0.15) is 0 Å². The van der Waals surface area contributed by atoms with Crippen LogP contribution in [0.15, 0.2) is 34.2 Å². The topological polar surface area (TPSA) is 110 Å². The monoisotopic (exact) mass is 379 g/mol. The standard InChI is InChI=1S/C16H18ClN5O4/c17-11-8-18-15(19-9-11)26-12-2-1-5-22(10-12)14(24)4-7-21-6-3-13(23)20-16(21)25/h3,6,8-9,12H,1-2,4-5,7,10H2,(H,20,23,25). The molecule has 1 aliphatic rings. The highest BCUT2D eigenvalue weighted by Crippen LogP contribution is 2.17. The van der Waals surface area contributed by atoms with Crippen LogP contribution in [-0.2, 0) is 11.3 Å². The van der Waals surface area contributed by atoms with Crippen LogP contribution in [0.3, 0.4) is 0 Å². The number of piperidine rings is 1. The highest BCUT2D eigenvalue weighted by molar-refractivity contribution is 6.30. The van der Waals surface area contributed by atoms with Crippen molar-refractivity contribution >= 4 is 17.5 Å². The molecule has 0 aromatic carbocycles. The Hall–Kier alpha value is -2.68. The SMILES string of the molecule is O=C(CCn1ccc(=O)[nH]c1=O)N1CCCC(Oc2ncc(Cl)cn2)C1. The Morgan fingerprint density at radius 3 is 2.85 bits per heavy atom. The zero-order valence-electron chi connectivity index (χ0n) is 13.9. The first-order valence-corrected chi connectivity index (χ1v) is 8.61. The van der Waals surface area contributed by atoms with Gasteiger partial charge in [0.15, 0.2) is 0 Å². The van der Waals surface area contributed by atoms with Gasteiger partial charge in [-0.25, -0.2) is 14.8 Å². The van der Waals surface area contributed by atoms with Gasteiger partial charge in [0, 0.05) is 31.8 Å². The number of aromatic nitrogens is 4. The predicted octanol–water partition coefficient (Wildman–Crippen LogP) is 0.440. The first kappa shape index (κ1) is 18.1. The number of likely N-dealkylation sites (tertiary alicyclic amines) is 1. The van der Waals surface area contributed by atoms with Crippen molar-refractivity contribution in [2.24, 2.45) is 0 Å². The lowest BCUT2D eigenvalue weighted by atomic mass is 10.1. The Morgan fingerprint density at radius 1 is 1.35 bits per heavy atom. The lowest BCUT2D eigenvalue weighted by Gasteiger charge is -2.32. The van der Waals surface area contributed by atoms with E-state index in [1.807, 2.05) is 0 Å². The van der Waals surface area contributed by atoms with Crippen LogP contribution in [-0.4, -0.2) is 49.5 Å². The third-order valence-corrected chi connectivity index (χ3v) is 4.26. The molecule has 9 nitrogen and oxygen atoms in total. The normalized spacial score (nSPS) is 17.1. The second-order valence-electron chi connectivity index (χ2n) is 5.96. The highest BCUT2D eigenvalue weighted by Gasteiger charge is 2.25. The zero-order valence-corrected chi connectivity index (χ0v) is 14.7. The van der Waals surface area contributed by atoms with Crippen molar-refractivity contribution in [2.45, 2.75) is 31.9 Å². The maximum Gasteiger partial charge on any atom is 0.328 e. The second kappa shape index (κ2) is 8.13. The number of nitrogens with zero attached hydrogens (tertiary/aromatic N) is 4. The van der Waals surface area contributed by atoms with Crippen molar-refractivity contribution in [1.29, 1.82) is 0 Å². The lowest BCUT2D eigenvalue weighted by molar-refractivity contribution is -0.134. The molecule has 0 spiro atoms. The number of amides is 1. The minimum absolute atomic E-state index is 0.0755. The summed E-state index contributed by atoms with van der Waals surface area (Å²) in [6.45, 7) is 1.28. The van der Waals surface area contributed by atoms with Crippen LogP contribution in [0, 0.1) is 0 Å². The van der Waals surface area contributed by atoms with Gasteiger partial charge in [-0.3, -0.25) is 14.6 Å². The Bertz CT molecular complexity index is 879. The van der Waals surface area contributed by atoms with E-state index in [-0.39, 0.29) is 31.0 Å². The first-order valence-electron chi connectivity index (χ1n) is 8.23. The molecule has 26 heavy (non-hydrogen) atoms. The predicted molar refractivity (Wildman–Crippen MR) is 93.2 cm³/mol. The number of H-pyrrole nitrogens is 1. The largest absolute Gasteiger partial charge is 0.458 e. The second-order valence-corrected chi connectivity index (χ2v) is 6.40. The summed E-state index contributed by atoms with van der Waals surface area (Å²) in [4.78, 5) is 47.0. The number of ether oxygens (including phenoxy) is 1. The summed E-state index contributed by atoms with van der Waals surface area (Å²) in [6, 6.07) is 1.48. The molecule has 1 N–H and O–H groups in total. The Kier molecular flexibility index (Phi) is 5.67. The van der Waals surface area contributed by atoms with E-state index in [1.165, 1.54) is 29.2 Å². The summed E-state index contributed by atoms with van der Waals surface area (Å²) in [5, 5.41) is 0.426. The summed E-state index contributed by atoms with van der Waals surface area (Å²) >= 11 is 5.75. The smallest absolute Gasteiger partial charge is 0.328 e. The summed E-state index contributed by atoms with van der Waals surface area (Å²) < 4.78 is 7.02.